The van der Waals surface area contributed by atoms with Crippen molar-refractivity contribution in [1.29, 1.82) is 0 Å². The Morgan fingerprint density at radius 2 is 1.68 bits per heavy atom. The molecule has 0 unspecified atom stereocenters. The minimum atomic E-state index is -3.31. The van der Waals surface area contributed by atoms with Gasteiger partial charge in [-0.1, -0.05) is 12.1 Å². The molecule has 1 aliphatic heterocycles. The lowest BCUT2D eigenvalue weighted by atomic mass is 10.1. The molecule has 1 heterocycles. The van der Waals surface area contributed by atoms with Gasteiger partial charge in [0.15, 0.2) is 0 Å². The second-order valence-corrected chi connectivity index (χ2v) is 9.22. The van der Waals surface area contributed by atoms with Gasteiger partial charge in [-0.2, -0.15) is 0 Å². The smallest absolute Gasteiger partial charge is 0.251 e. The molecule has 1 aliphatic rings. The zero-order valence-electron chi connectivity index (χ0n) is 16.8. The van der Waals surface area contributed by atoms with Crippen molar-refractivity contribution in [3.05, 3.63) is 89.2 Å². The molecule has 3 aromatic carbocycles. The highest BCUT2D eigenvalue weighted by Gasteiger charge is 2.26. The standard InChI is InChI=1S/C23H21FN2O4S/c1-31(28,29)26-13-12-17-14-18(4-11-22(17)26)23(27)25-15-16-2-7-20(8-3-16)30-21-9-5-19(24)6-10-21/h2-11,14H,12-13,15H2,1H3,(H,25,27). The molecule has 8 heteroatoms. The van der Waals surface area contributed by atoms with Crippen molar-refractivity contribution in [3.8, 4) is 11.5 Å². The zero-order chi connectivity index (χ0) is 22.0. The summed E-state index contributed by atoms with van der Waals surface area (Å²) in [6.45, 7) is 0.730. The molecule has 1 amide bonds. The maximum Gasteiger partial charge on any atom is 0.251 e. The summed E-state index contributed by atoms with van der Waals surface area (Å²) in [5.41, 5.74) is 2.87. The number of anilines is 1. The highest BCUT2D eigenvalue weighted by Crippen LogP contribution is 2.30. The van der Waals surface area contributed by atoms with Crippen molar-refractivity contribution < 1.29 is 22.3 Å². The van der Waals surface area contributed by atoms with E-state index in [1.54, 1.807) is 42.5 Å². The largest absolute Gasteiger partial charge is 0.457 e. The average Bonchev–Trinajstić information content (AvgIpc) is 3.18. The van der Waals surface area contributed by atoms with E-state index >= 15 is 0 Å². The molecule has 0 saturated heterocycles. The molecular formula is C23H21FN2O4S. The Balaban J connectivity index is 1.36. The Labute approximate surface area is 180 Å². The van der Waals surface area contributed by atoms with Gasteiger partial charge < -0.3 is 10.1 Å². The third-order valence-electron chi connectivity index (χ3n) is 5.02. The molecule has 4 rings (SSSR count). The number of ether oxygens (including phenoxy) is 1. The molecule has 0 aromatic heterocycles. The van der Waals surface area contributed by atoms with Crippen molar-refractivity contribution >= 4 is 21.6 Å². The highest BCUT2D eigenvalue weighted by molar-refractivity contribution is 7.92. The van der Waals surface area contributed by atoms with Crippen molar-refractivity contribution in [1.82, 2.24) is 5.32 Å². The van der Waals surface area contributed by atoms with E-state index in [1.807, 2.05) is 12.1 Å². The molecule has 160 valence electrons. The summed E-state index contributed by atoms with van der Waals surface area (Å²) in [6, 6.07) is 18.1. The molecule has 0 radical (unpaired) electrons. The summed E-state index contributed by atoms with van der Waals surface area (Å²) >= 11 is 0. The van der Waals surface area contributed by atoms with Gasteiger partial charge in [-0.25, -0.2) is 12.8 Å². The lowest BCUT2D eigenvalue weighted by Crippen LogP contribution is -2.27. The summed E-state index contributed by atoms with van der Waals surface area (Å²) < 4.78 is 43.7. The van der Waals surface area contributed by atoms with E-state index in [0.29, 0.717) is 42.3 Å². The molecule has 1 N–H and O–H groups in total. The van der Waals surface area contributed by atoms with Crippen LogP contribution in [-0.2, 0) is 23.0 Å². The van der Waals surface area contributed by atoms with Gasteiger partial charge in [0.2, 0.25) is 10.0 Å². The summed E-state index contributed by atoms with van der Waals surface area (Å²) in [5.74, 6) is 0.589. The number of rotatable bonds is 6. The topological polar surface area (TPSA) is 75.7 Å². The first kappa shape index (κ1) is 20.9. The minimum absolute atomic E-state index is 0.229. The molecule has 6 nitrogen and oxygen atoms in total. The Morgan fingerprint density at radius 3 is 2.32 bits per heavy atom. The lowest BCUT2D eigenvalue weighted by molar-refractivity contribution is 0.0951. The third kappa shape index (κ3) is 4.86. The van der Waals surface area contributed by atoms with Crippen LogP contribution in [0, 0.1) is 5.82 Å². The summed E-state index contributed by atoms with van der Waals surface area (Å²) in [4.78, 5) is 12.5. The van der Waals surface area contributed by atoms with Crippen LogP contribution in [0.4, 0.5) is 10.1 Å². The van der Waals surface area contributed by atoms with E-state index in [1.165, 1.54) is 22.7 Å². The fourth-order valence-electron chi connectivity index (χ4n) is 3.46. The van der Waals surface area contributed by atoms with Gasteiger partial charge in [-0.05, 0) is 72.1 Å². The van der Waals surface area contributed by atoms with Gasteiger partial charge in [0, 0.05) is 18.7 Å². The first-order valence-electron chi connectivity index (χ1n) is 9.71. The molecule has 0 spiro atoms. The average molecular weight is 440 g/mol. The predicted octanol–water partition coefficient (Wildman–Crippen LogP) is 3.87. The van der Waals surface area contributed by atoms with Crippen LogP contribution in [0.25, 0.3) is 0 Å². The van der Waals surface area contributed by atoms with Crippen molar-refractivity contribution in [2.45, 2.75) is 13.0 Å². The number of sulfonamides is 1. The van der Waals surface area contributed by atoms with Crippen LogP contribution < -0.4 is 14.4 Å². The van der Waals surface area contributed by atoms with E-state index in [0.717, 1.165) is 11.1 Å². The Bertz CT molecular complexity index is 1210. The van der Waals surface area contributed by atoms with Crippen LogP contribution in [0.1, 0.15) is 21.5 Å². The van der Waals surface area contributed by atoms with E-state index in [-0.39, 0.29) is 11.7 Å². The fourth-order valence-corrected chi connectivity index (χ4v) is 4.41. The maximum absolute atomic E-state index is 13.0. The molecule has 3 aromatic rings. The number of amides is 1. The second-order valence-electron chi connectivity index (χ2n) is 7.31. The van der Waals surface area contributed by atoms with Gasteiger partial charge in [0.1, 0.15) is 17.3 Å². The molecular weight excluding hydrogens is 419 g/mol. The number of halogens is 1. The van der Waals surface area contributed by atoms with Crippen LogP contribution in [0.15, 0.2) is 66.7 Å². The van der Waals surface area contributed by atoms with E-state index in [2.05, 4.69) is 5.32 Å². The number of hydrogen-bond acceptors (Lipinski definition) is 4. The SMILES string of the molecule is CS(=O)(=O)N1CCc2cc(C(=O)NCc3ccc(Oc4ccc(F)cc4)cc3)ccc21. The first-order valence-corrected chi connectivity index (χ1v) is 11.6. The van der Waals surface area contributed by atoms with Gasteiger partial charge in [-0.15, -0.1) is 0 Å². The highest BCUT2D eigenvalue weighted by atomic mass is 32.2. The van der Waals surface area contributed by atoms with Crippen LogP contribution >= 0.6 is 0 Å². The number of nitrogens with one attached hydrogen (secondary N) is 1. The summed E-state index contributed by atoms with van der Waals surface area (Å²) in [5, 5.41) is 2.87. The number of carbonyl (C=O) groups excluding carboxylic acids is 1. The Hall–Kier alpha value is -3.39. The van der Waals surface area contributed by atoms with Gasteiger partial charge in [0.05, 0.1) is 11.9 Å². The van der Waals surface area contributed by atoms with E-state index in [4.69, 9.17) is 4.74 Å². The summed E-state index contributed by atoms with van der Waals surface area (Å²) in [6.07, 6.45) is 1.76. The molecule has 0 saturated carbocycles. The minimum Gasteiger partial charge on any atom is -0.457 e. The number of fused-ring (bicyclic) bond motifs is 1. The predicted molar refractivity (Wildman–Crippen MR) is 116 cm³/mol. The molecule has 0 bridgehead atoms. The van der Waals surface area contributed by atoms with Gasteiger partial charge in [0.25, 0.3) is 5.91 Å². The first-order chi connectivity index (χ1) is 14.8. The molecule has 0 fully saturated rings. The third-order valence-corrected chi connectivity index (χ3v) is 6.20. The Kier molecular flexibility index (Phi) is 5.65. The Morgan fingerprint density at radius 1 is 1.03 bits per heavy atom. The molecule has 31 heavy (non-hydrogen) atoms. The number of carbonyl (C=O) groups is 1. The van der Waals surface area contributed by atoms with Crippen molar-refractivity contribution in [3.63, 3.8) is 0 Å². The quantitative estimate of drug-likeness (QED) is 0.631. The van der Waals surface area contributed by atoms with E-state index in [9.17, 15) is 17.6 Å². The van der Waals surface area contributed by atoms with Gasteiger partial charge >= 0.3 is 0 Å². The number of hydrogen-bond donors (Lipinski definition) is 1. The van der Waals surface area contributed by atoms with Crippen LogP contribution in [0.2, 0.25) is 0 Å². The van der Waals surface area contributed by atoms with Crippen LogP contribution in [0.5, 0.6) is 11.5 Å². The second kappa shape index (κ2) is 8.39. The lowest BCUT2D eigenvalue weighted by Gasteiger charge is -2.16. The normalized spacial score (nSPS) is 13.0. The monoisotopic (exact) mass is 440 g/mol. The molecule has 0 aliphatic carbocycles. The number of benzene rings is 3. The fraction of sp³-hybridized carbons (Fsp3) is 0.174. The van der Waals surface area contributed by atoms with Crippen LogP contribution in [-0.4, -0.2) is 27.1 Å². The zero-order valence-corrected chi connectivity index (χ0v) is 17.7. The van der Waals surface area contributed by atoms with Crippen LogP contribution in [0.3, 0.4) is 0 Å². The van der Waals surface area contributed by atoms with Crippen molar-refractivity contribution in [2.24, 2.45) is 0 Å². The summed E-state index contributed by atoms with van der Waals surface area (Å²) in [7, 11) is -3.31. The number of nitrogens with zero attached hydrogens (tertiary/aromatic N) is 1. The van der Waals surface area contributed by atoms with Crippen molar-refractivity contribution in [2.75, 3.05) is 17.1 Å². The van der Waals surface area contributed by atoms with E-state index < -0.39 is 10.0 Å². The van der Waals surface area contributed by atoms with Gasteiger partial charge in [-0.3, -0.25) is 9.10 Å². The molecule has 0 atom stereocenters. The maximum atomic E-state index is 13.0.